The number of halogens is 1. The average molecular weight is 543 g/mol. The zero-order valence-electron chi connectivity index (χ0n) is 18.9. The van der Waals surface area contributed by atoms with E-state index in [0.29, 0.717) is 11.3 Å². The van der Waals surface area contributed by atoms with Gasteiger partial charge in [0, 0.05) is 17.1 Å². The van der Waals surface area contributed by atoms with Gasteiger partial charge >= 0.3 is 5.69 Å². The molecule has 4 N–H and O–H groups in total. The molecule has 0 amide bonds. The highest BCUT2D eigenvalue weighted by molar-refractivity contribution is 9.10. The van der Waals surface area contributed by atoms with Crippen LogP contribution in [0.15, 0.2) is 61.6 Å². The molecule has 2 heterocycles. The Kier molecular flexibility index (Phi) is 7.03. The van der Waals surface area contributed by atoms with E-state index in [1.54, 1.807) is 24.3 Å². The lowest BCUT2D eigenvalue weighted by Gasteiger charge is -2.15. The third-order valence-corrected chi connectivity index (χ3v) is 5.71. The number of imidazole rings is 1. The van der Waals surface area contributed by atoms with E-state index in [2.05, 4.69) is 36.4 Å². The molecule has 0 aliphatic carbocycles. The van der Waals surface area contributed by atoms with Gasteiger partial charge in [0.1, 0.15) is 24.2 Å². The first-order valence-corrected chi connectivity index (χ1v) is 11.4. The van der Waals surface area contributed by atoms with Gasteiger partial charge in [-0.2, -0.15) is 10.1 Å². The number of anilines is 1. The molecule has 0 bridgehead atoms. The summed E-state index contributed by atoms with van der Waals surface area (Å²) in [6.45, 7) is 1.85. The summed E-state index contributed by atoms with van der Waals surface area (Å²) in [5.41, 5.74) is 3.19. The number of nitrogens with zero attached hydrogens (tertiary/aromatic N) is 4. The minimum atomic E-state index is -1.01. The number of hydrogen-bond donors (Lipinski definition) is 4. The Morgan fingerprint density at radius 2 is 2.00 bits per heavy atom. The maximum Gasteiger partial charge on any atom is 0.329 e. The van der Waals surface area contributed by atoms with Crippen LogP contribution in [-0.2, 0) is 13.6 Å². The van der Waals surface area contributed by atoms with Gasteiger partial charge in [0.15, 0.2) is 11.2 Å². The van der Waals surface area contributed by atoms with E-state index in [9.17, 15) is 19.8 Å². The predicted molar refractivity (Wildman–Crippen MR) is 135 cm³/mol. The van der Waals surface area contributed by atoms with Gasteiger partial charge in [0.25, 0.3) is 5.56 Å². The second-order valence-electron chi connectivity index (χ2n) is 7.89. The van der Waals surface area contributed by atoms with E-state index < -0.39 is 17.4 Å². The van der Waals surface area contributed by atoms with Gasteiger partial charge in [-0.15, -0.1) is 0 Å². The summed E-state index contributed by atoms with van der Waals surface area (Å²) in [5, 5.41) is 24.8. The zero-order valence-corrected chi connectivity index (χ0v) is 20.5. The van der Waals surface area contributed by atoms with Crippen LogP contribution in [0.25, 0.3) is 11.2 Å². The van der Waals surface area contributed by atoms with E-state index in [4.69, 9.17) is 4.74 Å². The van der Waals surface area contributed by atoms with E-state index in [-0.39, 0.29) is 36.0 Å². The van der Waals surface area contributed by atoms with Crippen molar-refractivity contribution in [3.8, 4) is 11.5 Å². The normalized spacial score (nSPS) is 12.3. The van der Waals surface area contributed by atoms with Crippen LogP contribution >= 0.6 is 15.9 Å². The standard InChI is InChI=1S/C23H23BrN6O5/c1-13-3-6-17(7-4-13)35-12-16(31)11-30-19-20(29(2)23(34)27-21(19)33)26-22(30)28-25-10-14-9-15(24)5-8-18(14)32/h3-10,16,31-32H,11-12H2,1-2H3,(H,26,28)(H,27,33,34)/b25-10+. The quantitative estimate of drug-likeness (QED) is 0.197. The van der Waals surface area contributed by atoms with Crippen LogP contribution in [0.5, 0.6) is 11.5 Å². The lowest BCUT2D eigenvalue weighted by Crippen LogP contribution is -2.30. The highest BCUT2D eigenvalue weighted by Gasteiger charge is 2.20. The van der Waals surface area contributed by atoms with Gasteiger partial charge in [-0.3, -0.25) is 14.3 Å². The van der Waals surface area contributed by atoms with Gasteiger partial charge in [-0.25, -0.2) is 10.2 Å². The van der Waals surface area contributed by atoms with Crippen LogP contribution in [-0.4, -0.2) is 48.2 Å². The number of phenolic OH excluding ortho intramolecular Hbond substituents is 1. The summed E-state index contributed by atoms with van der Waals surface area (Å²) in [6, 6.07) is 12.3. The Labute approximate surface area is 207 Å². The highest BCUT2D eigenvalue weighted by atomic mass is 79.9. The number of aryl methyl sites for hydroxylation is 2. The molecular formula is C23H23BrN6O5. The number of phenols is 1. The van der Waals surface area contributed by atoms with Crippen molar-refractivity contribution in [2.75, 3.05) is 12.0 Å². The minimum Gasteiger partial charge on any atom is -0.507 e. The van der Waals surface area contributed by atoms with Crippen molar-refractivity contribution in [3.63, 3.8) is 0 Å². The summed E-state index contributed by atoms with van der Waals surface area (Å²) in [7, 11) is 1.47. The molecule has 0 saturated carbocycles. The van der Waals surface area contributed by atoms with Crippen molar-refractivity contribution < 1.29 is 14.9 Å². The van der Waals surface area contributed by atoms with Crippen LogP contribution in [0, 0.1) is 6.92 Å². The molecule has 0 aliphatic rings. The maximum atomic E-state index is 12.6. The molecule has 1 atom stereocenters. The van der Waals surface area contributed by atoms with Gasteiger partial charge in [0.2, 0.25) is 5.95 Å². The molecular weight excluding hydrogens is 520 g/mol. The third-order valence-electron chi connectivity index (χ3n) is 5.22. The van der Waals surface area contributed by atoms with Crippen LogP contribution in [0.4, 0.5) is 5.95 Å². The Bertz CT molecular complexity index is 1510. The number of hydrazone groups is 1. The maximum absolute atomic E-state index is 12.6. The highest BCUT2D eigenvalue weighted by Crippen LogP contribution is 2.21. The number of ether oxygens (including phenoxy) is 1. The van der Waals surface area contributed by atoms with Crippen LogP contribution in [0.1, 0.15) is 11.1 Å². The van der Waals surface area contributed by atoms with Crippen molar-refractivity contribution in [2.45, 2.75) is 19.6 Å². The molecule has 1 unspecified atom stereocenters. The van der Waals surface area contributed by atoms with Crippen molar-refractivity contribution >= 4 is 39.3 Å². The van der Waals surface area contributed by atoms with Crippen molar-refractivity contribution in [3.05, 3.63) is 78.9 Å². The SMILES string of the molecule is Cc1ccc(OCC(O)Cn2c(N/N=C/c3cc(Br)ccc3O)nc3c2c(=O)[nH]c(=O)n3C)cc1. The van der Waals surface area contributed by atoms with Gasteiger partial charge in [0.05, 0.1) is 12.8 Å². The fraction of sp³-hybridized carbons (Fsp3) is 0.217. The number of aromatic amines is 1. The second kappa shape index (κ2) is 10.2. The third kappa shape index (κ3) is 5.44. The lowest BCUT2D eigenvalue weighted by atomic mass is 10.2. The number of aromatic nitrogens is 4. The molecule has 2 aromatic carbocycles. The number of fused-ring (bicyclic) bond motifs is 1. The smallest absolute Gasteiger partial charge is 0.329 e. The lowest BCUT2D eigenvalue weighted by molar-refractivity contribution is 0.0938. The number of aliphatic hydroxyl groups is 1. The van der Waals surface area contributed by atoms with E-state index >= 15 is 0 Å². The number of hydrogen-bond acceptors (Lipinski definition) is 8. The summed E-state index contributed by atoms with van der Waals surface area (Å²) < 4.78 is 9.02. The summed E-state index contributed by atoms with van der Waals surface area (Å²) in [4.78, 5) is 31.2. The number of H-pyrrole nitrogens is 1. The fourth-order valence-corrected chi connectivity index (χ4v) is 3.76. The van der Waals surface area contributed by atoms with Crippen molar-refractivity contribution in [1.82, 2.24) is 19.1 Å². The van der Waals surface area contributed by atoms with Crippen LogP contribution < -0.4 is 21.4 Å². The number of aromatic hydroxyl groups is 1. The fourth-order valence-electron chi connectivity index (χ4n) is 3.38. The molecule has 4 aromatic rings. The van der Waals surface area contributed by atoms with E-state index in [1.165, 1.54) is 28.5 Å². The Balaban J connectivity index is 1.63. The van der Waals surface area contributed by atoms with Gasteiger partial charge in [-0.05, 0) is 37.3 Å². The number of aliphatic hydroxyl groups excluding tert-OH is 1. The molecule has 0 aliphatic heterocycles. The number of benzene rings is 2. The second-order valence-corrected chi connectivity index (χ2v) is 8.80. The summed E-state index contributed by atoms with van der Waals surface area (Å²) >= 11 is 3.33. The topological polar surface area (TPSA) is 147 Å². The Morgan fingerprint density at radius 3 is 2.74 bits per heavy atom. The molecule has 0 spiro atoms. The van der Waals surface area contributed by atoms with Crippen molar-refractivity contribution in [1.29, 1.82) is 0 Å². The first-order valence-electron chi connectivity index (χ1n) is 10.6. The van der Waals surface area contributed by atoms with Gasteiger partial charge in [-0.1, -0.05) is 33.6 Å². The summed E-state index contributed by atoms with van der Waals surface area (Å²) in [6.07, 6.45) is 0.369. The first-order chi connectivity index (χ1) is 16.7. The van der Waals surface area contributed by atoms with Crippen LogP contribution in [0.2, 0.25) is 0 Å². The molecule has 182 valence electrons. The molecule has 12 heteroatoms. The van der Waals surface area contributed by atoms with Crippen molar-refractivity contribution in [2.24, 2.45) is 12.1 Å². The molecule has 0 saturated heterocycles. The summed E-state index contributed by atoms with van der Waals surface area (Å²) in [5.74, 6) is 0.740. The van der Waals surface area contributed by atoms with E-state index in [1.807, 2.05) is 19.1 Å². The predicted octanol–water partition coefficient (Wildman–Crippen LogP) is 2.09. The Hall–Kier alpha value is -3.90. The molecule has 0 fully saturated rings. The van der Waals surface area contributed by atoms with Gasteiger partial charge < -0.3 is 19.5 Å². The minimum absolute atomic E-state index is 0.0229. The van der Waals surface area contributed by atoms with E-state index in [0.717, 1.165) is 10.0 Å². The molecule has 4 rings (SSSR count). The number of nitrogens with one attached hydrogen (secondary N) is 2. The molecule has 2 aromatic heterocycles. The largest absolute Gasteiger partial charge is 0.507 e. The molecule has 35 heavy (non-hydrogen) atoms. The number of rotatable bonds is 8. The molecule has 0 radical (unpaired) electrons. The first kappa shape index (κ1) is 24.2. The molecule has 11 nitrogen and oxygen atoms in total. The zero-order chi connectivity index (χ0) is 25.1. The average Bonchev–Trinajstić information content (AvgIpc) is 3.18. The Morgan fingerprint density at radius 1 is 1.26 bits per heavy atom. The van der Waals surface area contributed by atoms with Crippen LogP contribution in [0.3, 0.4) is 0 Å². The monoisotopic (exact) mass is 542 g/mol.